The molecule has 58 valence electrons. The van der Waals surface area contributed by atoms with Gasteiger partial charge in [-0.3, -0.25) is 0 Å². The van der Waals surface area contributed by atoms with Gasteiger partial charge in [0.05, 0.1) is 12.7 Å². The van der Waals surface area contributed by atoms with Gasteiger partial charge in [-0.05, 0) is 12.1 Å². The Balaban J connectivity index is 3.03. The second-order valence-corrected chi connectivity index (χ2v) is 2.11. The molecule has 0 aliphatic heterocycles. The largest absolute Gasteiger partial charge is 0.497 e. The van der Waals surface area contributed by atoms with Crippen molar-refractivity contribution in [3.63, 3.8) is 0 Å². The summed E-state index contributed by atoms with van der Waals surface area (Å²) in [6, 6.07) is 6.37. The first-order valence-electron chi connectivity index (χ1n) is 3.23. The first-order chi connectivity index (χ1) is 5.25. The molecule has 1 rings (SSSR count). The molecule has 2 heteroatoms. The predicted octanol–water partition coefficient (Wildman–Crippen LogP) is 2.44. The number of methoxy groups -OCH3 is 1. The fraction of sp³-hybridized carbons (Fsp3) is 0.111. The van der Waals surface area contributed by atoms with Gasteiger partial charge in [0, 0.05) is 0 Å². The van der Waals surface area contributed by atoms with E-state index in [1.807, 2.05) is 0 Å². The Labute approximate surface area is 65.1 Å². The van der Waals surface area contributed by atoms with Gasteiger partial charge in [0.15, 0.2) is 0 Å². The van der Waals surface area contributed by atoms with Crippen molar-refractivity contribution in [2.45, 2.75) is 0 Å². The minimum absolute atomic E-state index is 0.306. The summed E-state index contributed by atoms with van der Waals surface area (Å²) in [5.74, 6) is 0.0439. The van der Waals surface area contributed by atoms with E-state index in [0.717, 1.165) is 0 Å². The number of rotatable bonds is 2. The molecule has 0 unspecified atom stereocenters. The monoisotopic (exact) mass is 152 g/mol. The van der Waals surface area contributed by atoms with Crippen LogP contribution in [0.3, 0.4) is 0 Å². The lowest BCUT2D eigenvalue weighted by molar-refractivity contribution is 0.368. The van der Waals surface area contributed by atoms with Crippen LogP contribution in [0, 0.1) is 5.82 Å². The van der Waals surface area contributed by atoms with Crippen LogP contribution in [0.25, 0.3) is 5.76 Å². The number of ether oxygens (including phenoxy) is 1. The van der Waals surface area contributed by atoms with Crippen molar-refractivity contribution in [3.8, 4) is 0 Å². The maximum Gasteiger partial charge on any atom is 0.134 e. The summed E-state index contributed by atoms with van der Waals surface area (Å²) in [4.78, 5) is 0. The molecule has 0 heterocycles. The van der Waals surface area contributed by atoms with E-state index in [2.05, 4.69) is 6.58 Å². The molecular formula is C9H9FO. The predicted molar refractivity (Wildman–Crippen MR) is 42.4 cm³/mol. The van der Waals surface area contributed by atoms with Gasteiger partial charge < -0.3 is 4.74 Å². The summed E-state index contributed by atoms with van der Waals surface area (Å²) in [6.45, 7) is 3.54. The van der Waals surface area contributed by atoms with Gasteiger partial charge in [-0.25, -0.2) is 4.39 Å². The molecule has 0 radical (unpaired) electrons. The second kappa shape index (κ2) is 3.19. The summed E-state index contributed by atoms with van der Waals surface area (Å²) in [5, 5.41) is 0. The lowest BCUT2D eigenvalue weighted by Crippen LogP contribution is -1.89. The second-order valence-electron chi connectivity index (χ2n) is 2.11. The zero-order valence-electron chi connectivity index (χ0n) is 6.30. The van der Waals surface area contributed by atoms with Crippen LogP contribution in [0.1, 0.15) is 5.56 Å². The highest BCUT2D eigenvalue weighted by molar-refractivity contribution is 5.57. The molecule has 0 saturated heterocycles. The third kappa shape index (κ3) is 1.58. The third-order valence-electron chi connectivity index (χ3n) is 1.42. The van der Waals surface area contributed by atoms with E-state index in [1.54, 1.807) is 18.2 Å². The van der Waals surface area contributed by atoms with E-state index in [1.165, 1.54) is 13.2 Å². The Kier molecular flexibility index (Phi) is 2.26. The van der Waals surface area contributed by atoms with Crippen LogP contribution in [0.15, 0.2) is 30.8 Å². The van der Waals surface area contributed by atoms with Crippen molar-refractivity contribution in [3.05, 3.63) is 42.2 Å². The Bertz CT molecular complexity index is 268. The van der Waals surface area contributed by atoms with E-state index in [9.17, 15) is 4.39 Å². The molecule has 0 saturated carbocycles. The number of benzene rings is 1. The van der Waals surface area contributed by atoms with E-state index in [-0.39, 0.29) is 5.82 Å². The van der Waals surface area contributed by atoms with Gasteiger partial charge >= 0.3 is 0 Å². The maximum absolute atomic E-state index is 12.9. The highest BCUT2D eigenvalue weighted by atomic mass is 19.1. The Morgan fingerprint density at radius 3 is 2.64 bits per heavy atom. The van der Waals surface area contributed by atoms with E-state index < -0.39 is 0 Å². The molecule has 1 aromatic rings. The van der Waals surface area contributed by atoms with Crippen LogP contribution in [0.2, 0.25) is 0 Å². The van der Waals surface area contributed by atoms with Crippen LogP contribution in [-0.2, 0) is 4.74 Å². The number of halogens is 1. The standard InChI is InChI=1S/C9H9FO/c1-7(11-2)8-5-3-4-6-9(8)10/h3-6H,1H2,2H3. The van der Waals surface area contributed by atoms with Crippen molar-refractivity contribution in [2.75, 3.05) is 7.11 Å². The Hall–Kier alpha value is -1.31. The smallest absolute Gasteiger partial charge is 0.134 e. The summed E-state index contributed by atoms with van der Waals surface area (Å²) in [5.41, 5.74) is 0.412. The SMILES string of the molecule is C=C(OC)c1ccccc1F. The first-order valence-corrected chi connectivity index (χ1v) is 3.23. The molecule has 1 nitrogen and oxygen atoms in total. The summed E-state index contributed by atoms with van der Waals surface area (Å²) >= 11 is 0. The Morgan fingerprint density at radius 1 is 1.45 bits per heavy atom. The highest BCUT2D eigenvalue weighted by Gasteiger charge is 2.02. The van der Waals surface area contributed by atoms with Crippen molar-refractivity contribution in [1.82, 2.24) is 0 Å². The fourth-order valence-corrected chi connectivity index (χ4v) is 0.797. The quantitative estimate of drug-likeness (QED) is 0.591. The molecular weight excluding hydrogens is 143 g/mol. The first kappa shape index (κ1) is 7.79. The molecule has 0 aliphatic rings. The van der Waals surface area contributed by atoms with Crippen molar-refractivity contribution < 1.29 is 9.13 Å². The van der Waals surface area contributed by atoms with E-state index in [0.29, 0.717) is 11.3 Å². The average molecular weight is 152 g/mol. The average Bonchev–Trinajstić information content (AvgIpc) is 2.04. The molecule has 0 aromatic heterocycles. The normalized spacial score (nSPS) is 9.27. The topological polar surface area (TPSA) is 9.23 Å². The van der Waals surface area contributed by atoms with Crippen LogP contribution < -0.4 is 0 Å². The van der Waals surface area contributed by atoms with Crippen LogP contribution in [0.4, 0.5) is 4.39 Å². The molecule has 0 fully saturated rings. The zero-order chi connectivity index (χ0) is 8.27. The van der Waals surface area contributed by atoms with Gasteiger partial charge in [0.1, 0.15) is 11.6 Å². The molecule has 0 atom stereocenters. The zero-order valence-corrected chi connectivity index (χ0v) is 6.30. The van der Waals surface area contributed by atoms with Gasteiger partial charge in [-0.2, -0.15) is 0 Å². The lowest BCUT2D eigenvalue weighted by atomic mass is 10.2. The molecule has 11 heavy (non-hydrogen) atoms. The minimum atomic E-state index is -0.306. The molecule has 1 aromatic carbocycles. The number of hydrogen-bond acceptors (Lipinski definition) is 1. The lowest BCUT2D eigenvalue weighted by Gasteiger charge is -2.03. The van der Waals surface area contributed by atoms with Crippen molar-refractivity contribution >= 4 is 5.76 Å². The van der Waals surface area contributed by atoms with E-state index in [4.69, 9.17) is 4.74 Å². The molecule has 0 spiro atoms. The molecule has 0 amide bonds. The maximum atomic E-state index is 12.9. The van der Waals surface area contributed by atoms with Gasteiger partial charge in [-0.15, -0.1) is 0 Å². The number of hydrogen-bond donors (Lipinski definition) is 0. The van der Waals surface area contributed by atoms with Crippen LogP contribution in [0.5, 0.6) is 0 Å². The van der Waals surface area contributed by atoms with Gasteiger partial charge in [0.2, 0.25) is 0 Å². The fourth-order valence-electron chi connectivity index (χ4n) is 0.797. The Morgan fingerprint density at radius 2 is 2.09 bits per heavy atom. The summed E-state index contributed by atoms with van der Waals surface area (Å²) in [7, 11) is 1.47. The van der Waals surface area contributed by atoms with Crippen LogP contribution in [-0.4, -0.2) is 7.11 Å². The summed E-state index contributed by atoms with van der Waals surface area (Å²) in [6.07, 6.45) is 0. The van der Waals surface area contributed by atoms with Gasteiger partial charge in [0.25, 0.3) is 0 Å². The van der Waals surface area contributed by atoms with Crippen LogP contribution >= 0.6 is 0 Å². The van der Waals surface area contributed by atoms with Crippen molar-refractivity contribution in [1.29, 1.82) is 0 Å². The molecule has 0 N–H and O–H groups in total. The molecule has 0 aliphatic carbocycles. The van der Waals surface area contributed by atoms with Crippen molar-refractivity contribution in [2.24, 2.45) is 0 Å². The minimum Gasteiger partial charge on any atom is -0.497 e. The summed E-state index contributed by atoms with van der Waals surface area (Å²) < 4.78 is 17.7. The van der Waals surface area contributed by atoms with E-state index >= 15 is 0 Å². The highest BCUT2D eigenvalue weighted by Crippen LogP contribution is 2.15. The third-order valence-corrected chi connectivity index (χ3v) is 1.42. The van der Waals surface area contributed by atoms with Gasteiger partial charge in [-0.1, -0.05) is 18.7 Å². The molecule has 0 bridgehead atoms.